The predicted molar refractivity (Wildman–Crippen MR) is 67.2 cm³/mol. The molecule has 0 spiro atoms. The van der Waals surface area contributed by atoms with E-state index in [0.717, 1.165) is 19.3 Å². The second-order valence-electron chi connectivity index (χ2n) is 3.40. The van der Waals surface area contributed by atoms with Crippen molar-refractivity contribution in [1.29, 1.82) is 0 Å². The summed E-state index contributed by atoms with van der Waals surface area (Å²) in [5, 5.41) is 0.198. The maximum absolute atomic E-state index is 13.5. The van der Waals surface area contributed by atoms with Crippen LogP contribution in [0.5, 0.6) is 0 Å². The Bertz CT molecular complexity index is 342. The third-order valence-corrected chi connectivity index (χ3v) is 3.84. The van der Waals surface area contributed by atoms with E-state index in [1.54, 1.807) is 6.07 Å². The van der Waals surface area contributed by atoms with Gasteiger partial charge in [0.1, 0.15) is 5.82 Å². The molecule has 1 atom stereocenters. The topological polar surface area (TPSA) is 0 Å². The number of rotatable bonds is 4. The first-order valence-electron chi connectivity index (χ1n) is 4.84. The fraction of sp³-hybridized carbons (Fsp3) is 0.455. The molecule has 84 valence electrons. The molecule has 0 saturated heterocycles. The molecule has 1 rings (SSSR count). The van der Waals surface area contributed by atoms with Gasteiger partial charge in [0.25, 0.3) is 0 Å². The Kier molecular flexibility index (Phi) is 5.37. The van der Waals surface area contributed by atoms with Crippen LogP contribution in [0.15, 0.2) is 16.6 Å². The van der Waals surface area contributed by atoms with Crippen LogP contribution in [0.1, 0.15) is 37.1 Å². The SMILES string of the molecule is CCCCC(Cl)c1cc(Cl)c(Br)cc1F. The third-order valence-electron chi connectivity index (χ3n) is 2.19. The molecular weight excluding hydrogens is 302 g/mol. The van der Waals surface area contributed by atoms with Crippen molar-refractivity contribution in [3.8, 4) is 0 Å². The highest BCUT2D eigenvalue weighted by molar-refractivity contribution is 9.10. The van der Waals surface area contributed by atoms with E-state index in [-0.39, 0.29) is 11.2 Å². The molecule has 0 aliphatic carbocycles. The van der Waals surface area contributed by atoms with E-state index >= 15 is 0 Å². The lowest BCUT2D eigenvalue weighted by Gasteiger charge is -2.11. The van der Waals surface area contributed by atoms with E-state index in [4.69, 9.17) is 23.2 Å². The highest BCUT2D eigenvalue weighted by Crippen LogP contribution is 2.33. The zero-order chi connectivity index (χ0) is 11.4. The van der Waals surface area contributed by atoms with Crippen LogP contribution in [0.3, 0.4) is 0 Å². The molecule has 1 aromatic carbocycles. The minimum Gasteiger partial charge on any atom is -0.207 e. The third kappa shape index (κ3) is 3.61. The monoisotopic (exact) mass is 312 g/mol. The van der Waals surface area contributed by atoms with Crippen LogP contribution in [0, 0.1) is 5.82 Å². The van der Waals surface area contributed by atoms with Gasteiger partial charge in [-0.05, 0) is 34.5 Å². The molecule has 0 saturated carbocycles. The Morgan fingerprint density at radius 1 is 1.47 bits per heavy atom. The Morgan fingerprint density at radius 2 is 2.13 bits per heavy atom. The summed E-state index contributed by atoms with van der Waals surface area (Å²) < 4.78 is 14.1. The molecule has 0 aromatic heterocycles. The summed E-state index contributed by atoms with van der Waals surface area (Å²) in [6, 6.07) is 2.95. The summed E-state index contributed by atoms with van der Waals surface area (Å²) in [5.74, 6) is -0.303. The average molecular weight is 314 g/mol. The van der Waals surface area contributed by atoms with Gasteiger partial charge in [0.05, 0.1) is 10.4 Å². The number of halogens is 4. The molecule has 0 N–H and O–H groups in total. The molecule has 1 unspecified atom stereocenters. The molecule has 15 heavy (non-hydrogen) atoms. The van der Waals surface area contributed by atoms with Gasteiger partial charge in [0, 0.05) is 10.0 Å². The highest BCUT2D eigenvalue weighted by Gasteiger charge is 2.14. The summed E-state index contributed by atoms with van der Waals surface area (Å²) in [4.78, 5) is 0. The first-order chi connectivity index (χ1) is 7.06. The predicted octanol–water partition coefficient (Wildman–Crippen LogP) is 5.71. The second-order valence-corrected chi connectivity index (χ2v) is 5.19. The molecule has 0 bridgehead atoms. The van der Waals surface area contributed by atoms with E-state index in [2.05, 4.69) is 22.9 Å². The summed E-state index contributed by atoms with van der Waals surface area (Å²) in [6.07, 6.45) is 2.81. The van der Waals surface area contributed by atoms with Crippen LogP contribution in [-0.4, -0.2) is 0 Å². The van der Waals surface area contributed by atoms with Crippen LogP contribution in [-0.2, 0) is 0 Å². The van der Waals surface area contributed by atoms with Gasteiger partial charge in [-0.15, -0.1) is 11.6 Å². The molecule has 4 heteroatoms. The molecule has 0 heterocycles. The zero-order valence-electron chi connectivity index (χ0n) is 8.37. The first kappa shape index (κ1) is 13.3. The van der Waals surface area contributed by atoms with Crippen molar-refractivity contribution >= 4 is 39.1 Å². The smallest absolute Gasteiger partial charge is 0.129 e. The van der Waals surface area contributed by atoms with Crippen molar-refractivity contribution in [1.82, 2.24) is 0 Å². The number of benzene rings is 1. The van der Waals surface area contributed by atoms with Crippen LogP contribution >= 0.6 is 39.1 Å². The van der Waals surface area contributed by atoms with Crippen molar-refractivity contribution < 1.29 is 4.39 Å². The quantitative estimate of drug-likeness (QED) is 0.493. The van der Waals surface area contributed by atoms with E-state index in [1.165, 1.54) is 6.07 Å². The van der Waals surface area contributed by atoms with Crippen LogP contribution in [0.25, 0.3) is 0 Å². The highest BCUT2D eigenvalue weighted by atomic mass is 79.9. The molecule has 0 aliphatic rings. The Balaban J connectivity index is 2.88. The van der Waals surface area contributed by atoms with Gasteiger partial charge in [-0.1, -0.05) is 31.4 Å². The van der Waals surface area contributed by atoms with Gasteiger partial charge < -0.3 is 0 Å². The molecule has 0 nitrogen and oxygen atoms in total. The summed E-state index contributed by atoms with van der Waals surface area (Å²) >= 11 is 15.2. The zero-order valence-corrected chi connectivity index (χ0v) is 11.5. The van der Waals surface area contributed by atoms with Crippen LogP contribution in [0.4, 0.5) is 4.39 Å². The average Bonchev–Trinajstić information content (AvgIpc) is 2.20. The molecule has 0 aliphatic heterocycles. The van der Waals surface area contributed by atoms with Crippen molar-refractivity contribution in [2.45, 2.75) is 31.6 Å². The minimum atomic E-state index is -0.303. The van der Waals surface area contributed by atoms with Crippen molar-refractivity contribution in [2.75, 3.05) is 0 Å². The molecule has 0 fully saturated rings. The van der Waals surface area contributed by atoms with Gasteiger partial charge in [-0.25, -0.2) is 4.39 Å². The summed E-state index contributed by atoms with van der Waals surface area (Å²) in [6.45, 7) is 2.08. The number of hydrogen-bond donors (Lipinski definition) is 0. The van der Waals surface area contributed by atoms with Crippen LogP contribution < -0.4 is 0 Å². The Labute approximate surface area is 108 Å². The Morgan fingerprint density at radius 3 is 2.73 bits per heavy atom. The molecular formula is C11H12BrCl2F. The van der Waals surface area contributed by atoms with Crippen molar-refractivity contribution in [3.05, 3.63) is 33.0 Å². The normalized spacial score (nSPS) is 12.9. The van der Waals surface area contributed by atoms with Gasteiger partial charge in [-0.3, -0.25) is 0 Å². The van der Waals surface area contributed by atoms with E-state index in [9.17, 15) is 4.39 Å². The lowest BCUT2D eigenvalue weighted by Crippen LogP contribution is -1.95. The van der Waals surface area contributed by atoms with Gasteiger partial charge in [-0.2, -0.15) is 0 Å². The minimum absolute atomic E-state index is 0.296. The van der Waals surface area contributed by atoms with Crippen molar-refractivity contribution in [3.63, 3.8) is 0 Å². The largest absolute Gasteiger partial charge is 0.207 e. The first-order valence-corrected chi connectivity index (χ1v) is 6.45. The van der Waals surface area contributed by atoms with Gasteiger partial charge in [0.2, 0.25) is 0 Å². The fourth-order valence-corrected chi connectivity index (χ4v) is 2.13. The standard InChI is InChI=1S/C11H12BrCl2F/c1-2-3-4-9(13)7-5-10(14)8(12)6-11(7)15/h5-6,9H,2-4H2,1H3. The van der Waals surface area contributed by atoms with E-state index in [1.807, 2.05) is 0 Å². The fourth-order valence-electron chi connectivity index (χ4n) is 1.32. The molecule has 0 radical (unpaired) electrons. The van der Waals surface area contributed by atoms with E-state index in [0.29, 0.717) is 15.1 Å². The number of hydrogen-bond acceptors (Lipinski definition) is 0. The second kappa shape index (κ2) is 6.07. The van der Waals surface area contributed by atoms with E-state index < -0.39 is 0 Å². The summed E-state index contributed by atoms with van der Waals surface area (Å²) in [7, 11) is 0. The maximum Gasteiger partial charge on any atom is 0.129 e. The Hall–Kier alpha value is 0.210. The lowest BCUT2D eigenvalue weighted by molar-refractivity contribution is 0.592. The lowest BCUT2D eigenvalue weighted by atomic mass is 10.1. The van der Waals surface area contributed by atoms with Gasteiger partial charge in [0.15, 0.2) is 0 Å². The summed E-state index contributed by atoms with van der Waals surface area (Å²) in [5.41, 5.74) is 0.485. The number of alkyl halides is 1. The number of unbranched alkanes of at least 4 members (excludes halogenated alkanes) is 1. The van der Waals surface area contributed by atoms with Crippen molar-refractivity contribution in [2.24, 2.45) is 0 Å². The molecule has 1 aromatic rings. The molecule has 0 amide bonds. The van der Waals surface area contributed by atoms with Gasteiger partial charge >= 0.3 is 0 Å². The van der Waals surface area contributed by atoms with Crippen LogP contribution in [0.2, 0.25) is 5.02 Å². The maximum atomic E-state index is 13.5.